The number of carbonyl (C=O) groups excluding carboxylic acids is 1. The fourth-order valence-corrected chi connectivity index (χ4v) is 6.19. The molecule has 0 bridgehead atoms. The van der Waals surface area contributed by atoms with Gasteiger partial charge in [-0.2, -0.15) is 5.10 Å². The molecular weight excluding hydrogens is 451 g/mol. The van der Waals surface area contributed by atoms with Gasteiger partial charge in [-0.3, -0.25) is 13.8 Å². The molecule has 0 saturated carbocycles. The van der Waals surface area contributed by atoms with E-state index in [9.17, 15) is 13.2 Å². The van der Waals surface area contributed by atoms with Crippen molar-refractivity contribution in [3.05, 3.63) is 45.4 Å². The van der Waals surface area contributed by atoms with Crippen LogP contribution in [-0.4, -0.2) is 55.3 Å². The first kappa shape index (κ1) is 24.5. The van der Waals surface area contributed by atoms with E-state index in [4.69, 9.17) is 0 Å². The Labute approximate surface area is 217 Å². The number of nitrogens with zero attached hydrogens (tertiary/aromatic N) is 5. The van der Waals surface area contributed by atoms with Crippen LogP contribution in [-0.2, 0) is 42.9 Å². The van der Waals surface area contributed by atoms with Gasteiger partial charge in [0.05, 0.1) is 11.9 Å². The molecule has 5 rings (SSSR count). The molecule has 11 heteroatoms. The van der Waals surface area contributed by atoms with E-state index >= 15 is 0 Å². The number of likely N-dealkylation sites (N-methyl/N-ethyl adjacent to an activating group) is 1. The minimum Gasteiger partial charge on any atom is -0.423 e. The third-order valence-corrected chi connectivity index (χ3v) is 8.29. The first-order valence-electron chi connectivity index (χ1n) is 11.2. The van der Waals surface area contributed by atoms with Gasteiger partial charge in [0.25, 0.3) is 10.2 Å². The molecule has 2 aliphatic carbocycles. The maximum Gasteiger partial charge on any atom is 1.00 e. The van der Waals surface area contributed by atoms with Gasteiger partial charge in [0.15, 0.2) is 6.03 Å². The van der Waals surface area contributed by atoms with Crippen molar-refractivity contribution in [2.75, 3.05) is 29.8 Å². The zero-order chi connectivity index (χ0) is 22.5. The molecule has 1 N–H and O–H groups in total. The van der Waals surface area contributed by atoms with E-state index in [-0.39, 0.29) is 42.1 Å². The third kappa shape index (κ3) is 4.81. The van der Waals surface area contributed by atoms with Gasteiger partial charge >= 0.3 is 29.6 Å². The van der Waals surface area contributed by atoms with Crippen LogP contribution in [0.25, 0.3) is 4.72 Å². The molecule has 0 spiro atoms. The zero-order valence-corrected chi connectivity index (χ0v) is 22.4. The number of benzene rings is 1. The Bertz CT molecular complexity index is 1130. The van der Waals surface area contributed by atoms with Gasteiger partial charge in [0.1, 0.15) is 0 Å². The third-order valence-electron chi connectivity index (χ3n) is 6.98. The van der Waals surface area contributed by atoms with Gasteiger partial charge in [-0.1, -0.05) is 6.07 Å². The summed E-state index contributed by atoms with van der Waals surface area (Å²) in [6.45, 7) is 1.16. The summed E-state index contributed by atoms with van der Waals surface area (Å²) in [6.07, 6.45) is 9.94. The molecule has 0 radical (unpaired) electrons. The molecule has 172 valence electrons. The summed E-state index contributed by atoms with van der Waals surface area (Å²) >= 11 is 0. The second-order valence-electron chi connectivity index (χ2n) is 9.06. The van der Waals surface area contributed by atoms with Crippen LogP contribution in [0.5, 0.6) is 0 Å². The van der Waals surface area contributed by atoms with Crippen LogP contribution >= 0.6 is 0 Å². The molecule has 2 aromatic rings. The summed E-state index contributed by atoms with van der Waals surface area (Å²) < 4.78 is 32.9. The summed E-state index contributed by atoms with van der Waals surface area (Å²) in [7, 11) is -0.551. The largest absolute Gasteiger partial charge is 1.00 e. The summed E-state index contributed by atoms with van der Waals surface area (Å²) in [6, 6.07) is 1.52. The van der Waals surface area contributed by atoms with Crippen molar-refractivity contribution in [1.82, 2.24) is 14.7 Å². The van der Waals surface area contributed by atoms with E-state index in [0.29, 0.717) is 5.69 Å². The van der Waals surface area contributed by atoms with Gasteiger partial charge in [0, 0.05) is 25.8 Å². The van der Waals surface area contributed by atoms with Crippen LogP contribution < -0.4 is 39.2 Å². The molecule has 1 saturated heterocycles. The van der Waals surface area contributed by atoms with Crippen LogP contribution in [0.15, 0.2) is 18.5 Å². The summed E-state index contributed by atoms with van der Waals surface area (Å²) in [5.41, 5.74) is 6.04. The normalized spacial score (nSPS) is 19.3. The average Bonchev–Trinajstić information content (AvgIpc) is 3.47. The van der Waals surface area contributed by atoms with E-state index in [1.165, 1.54) is 21.6 Å². The Morgan fingerprint density at radius 2 is 1.85 bits per heavy atom. The zero-order valence-electron chi connectivity index (χ0n) is 19.5. The van der Waals surface area contributed by atoms with Gasteiger partial charge < -0.3 is 14.9 Å². The molecule has 1 fully saturated rings. The molecule has 1 atom stereocenters. The quantitative estimate of drug-likeness (QED) is 0.576. The van der Waals surface area contributed by atoms with Crippen LogP contribution in [0, 0.1) is 0 Å². The van der Waals surface area contributed by atoms with Crippen LogP contribution in [0.2, 0.25) is 0 Å². The number of anilines is 2. The van der Waals surface area contributed by atoms with Crippen LogP contribution in [0.4, 0.5) is 16.2 Å². The number of hydrogen-bond donors (Lipinski definition) is 1. The van der Waals surface area contributed by atoms with Gasteiger partial charge in [0.2, 0.25) is 0 Å². The Hall–Kier alpha value is -1.59. The van der Waals surface area contributed by atoms with Gasteiger partial charge in [-0.25, -0.2) is 8.42 Å². The molecule has 3 aliphatic rings. The Morgan fingerprint density at radius 3 is 2.36 bits per heavy atom. The van der Waals surface area contributed by atoms with E-state index in [1.807, 2.05) is 7.05 Å². The number of amides is 2. The number of hydrogen-bond acceptors (Lipinski definition) is 5. The number of aryl methyl sites for hydroxylation is 3. The monoisotopic (exact) mass is 480 g/mol. The molecule has 2 amide bonds. The Balaban J connectivity index is 0.00000259. The maximum atomic E-state index is 13.2. The predicted molar refractivity (Wildman–Crippen MR) is 123 cm³/mol. The van der Waals surface area contributed by atoms with E-state index in [0.717, 1.165) is 68.3 Å². The molecule has 1 aromatic heterocycles. The van der Waals surface area contributed by atoms with Crippen LogP contribution in [0.3, 0.4) is 0 Å². The molecule has 1 unspecified atom stereocenters. The fourth-order valence-electron chi connectivity index (χ4n) is 5.11. The average molecular weight is 481 g/mol. The first-order valence-corrected chi connectivity index (χ1v) is 12.6. The molecule has 1 aliphatic heterocycles. The fraction of sp³-hybridized carbons (Fsp3) is 0.545. The number of rotatable bonds is 6. The van der Waals surface area contributed by atoms with E-state index in [1.54, 1.807) is 17.9 Å². The van der Waals surface area contributed by atoms with Crippen molar-refractivity contribution in [2.24, 2.45) is 7.05 Å². The molecular formula is C22H29N6NaO3S. The van der Waals surface area contributed by atoms with E-state index < -0.39 is 16.2 Å². The van der Waals surface area contributed by atoms with Crippen LogP contribution in [0.1, 0.15) is 41.5 Å². The van der Waals surface area contributed by atoms with E-state index in [2.05, 4.69) is 26.1 Å². The standard InChI is InChI=1S/C22H30N6O3S.Na/c1-26-10-9-17(26)14-28(18-12-23-27(2)13-18)32(30,31)25-22(29)24-21-19-7-3-5-15(19)11-16-6-4-8-20(16)21;/h11-13,17H,3-10,14H2,1-2H3,(H2,24,25,29);/q;+1/p-1. The SMILES string of the molecule is CN1CCC1CN(c1cnn(C)c1)S(=O)(=O)[N-]C(=O)Nc1c2c(cc3c1CCC3)CCC2.[Na+]. The summed E-state index contributed by atoms with van der Waals surface area (Å²) in [5, 5.41) is 6.96. The Kier molecular flexibility index (Phi) is 7.12. The predicted octanol–water partition coefficient (Wildman–Crippen LogP) is -0.237. The number of aromatic nitrogens is 2. The number of carbonyl (C=O) groups is 1. The molecule has 33 heavy (non-hydrogen) atoms. The maximum absolute atomic E-state index is 13.2. The second-order valence-corrected chi connectivity index (χ2v) is 10.6. The topological polar surface area (TPSA) is 102 Å². The van der Waals surface area contributed by atoms with Crippen molar-refractivity contribution in [1.29, 1.82) is 0 Å². The number of urea groups is 1. The second kappa shape index (κ2) is 9.58. The molecule has 1 aromatic carbocycles. The minimum atomic E-state index is -4.24. The molecule has 2 heterocycles. The molecule has 9 nitrogen and oxygen atoms in total. The van der Waals surface area contributed by atoms with Gasteiger partial charge in [-0.15, -0.1) is 0 Å². The number of nitrogens with one attached hydrogen (secondary N) is 1. The first-order chi connectivity index (χ1) is 15.3. The number of fused-ring (bicyclic) bond motifs is 2. The van der Waals surface area contributed by atoms with Crippen molar-refractivity contribution < 1.29 is 42.8 Å². The smallest absolute Gasteiger partial charge is 0.423 e. The number of likely N-dealkylation sites (tertiary alicyclic amines) is 1. The van der Waals surface area contributed by atoms with Crippen molar-refractivity contribution in [2.45, 2.75) is 51.0 Å². The van der Waals surface area contributed by atoms with Crippen molar-refractivity contribution >= 4 is 27.6 Å². The van der Waals surface area contributed by atoms with Crippen molar-refractivity contribution in [3.63, 3.8) is 0 Å². The van der Waals surface area contributed by atoms with Gasteiger partial charge in [-0.05, 0) is 86.5 Å². The summed E-state index contributed by atoms with van der Waals surface area (Å²) in [5.74, 6) is 0. The van der Waals surface area contributed by atoms with Crippen molar-refractivity contribution in [3.8, 4) is 0 Å². The minimum absolute atomic E-state index is 0. The Morgan fingerprint density at radius 1 is 1.18 bits per heavy atom. The summed E-state index contributed by atoms with van der Waals surface area (Å²) in [4.78, 5) is 15.0.